The van der Waals surface area contributed by atoms with Crippen molar-refractivity contribution in [1.82, 2.24) is 0 Å². The van der Waals surface area contributed by atoms with E-state index in [2.05, 4.69) is 152 Å². The lowest BCUT2D eigenvalue weighted by Crippen LogP contribution is -1.91. The van der Waals surface area contributed by atoms with Gasteiger partial charge in [-0.3, -0.25) is 0 Å². The van der Waals surface area contributed by atoms with E-state index >= 15 is 0 Å². The summed E-state index contributed by atoms with van der Waals surface area (Å²) in [5, 5.41) is 11.3. The normalized spacial score (nSPS) is 11.9. The Morgan fingerprint density at radius 3 is 1.78 bits per heavy atom. The van der Waals surface area contributed by atoms with Crippen LogP contribution in [0.5, 0.6) is 0 Å². The molecule has 0 saturated heterocycles. The fourth-order valence-electron chi connectivity index (χ4n) is 7.46. The average molecular weight is 603 g/mol. The van der Waals surface area contributed by atoms with Crippen molar-refractivity contribution in [1.29, 1.82) is 0 Å². The number of hydrogen-bond acceptors (Lipinski definition) is 2. The fourth-order valence-corrected chi connectivity index (χ4v) is 8.56. The van der Waals surface area contributed by atoms with Crippen LogP contribution in [0.25, 0.3) is 97.0 Å². The van der Waals surface area contributed by atoms with Crippen molar-refractivity contribution in [3.05, 3.63) is 158 Å². The molecule has 1 nitrogen and oxygen atoms in total. The molecule has 0 saturated carbocycles. The Morgan fingerprint density at radius 1 is 0.391 bits per heavy atom. The predicted octanol–water partition coefficient (Wildman–Crippen LogP) is 13.3. The number of thiophene rings is 1. The molecule has 10 aromatic rings. The van der Waals surface area contributed by atoms with E-state index in [1.165, 1.54) is 80.1 Å². The zero-order chi connectivity index (χ0) is 30.2. The molecule has 214 valence electrons. The van der Waals surface area contributed by atoms with Gasteiger partial charge in [-0.15, -0.1) is 11.3 Å². The summed E-state index contributed by atoms with van der Waals surface area (Å²) in [5.41, 5.74) is 7.09. The second-order valence-corrected chi connectivity index (χ2v) is 13.1. The molecule has 10 rings (SSSR count). The van der Waals surface area contributed by atoms with Gasteiger partial charge in [0.15, 0.2) is 0 Å². The smallest absolute Gasteiger partial charge is 0.135 e. The third kappa shape index (κ3) is 3.74. The molecular formula is C44H26OS. The van der Waals surface area contributed by atoms with E-state index in [4.69, 9.17) is 4.42 Å². The molecule has 0 unspecified atom stereocenters. The highest BCUT2D eigenvalue weighted by molar-refractivity contribution is 7.26. The summed E-state index contributed by atoms with van der Waals surface area (Å²) in [4.78, 5) is 0. The lowest BCUT2D eigenvalue weighted by molar-refractivity contribution is 0.632. The van der Waals surface area contributed by atoms with Crippen molar-refractivity contribution in [2.45, 2.75) is 0 Å². The standard InChI is InChI=1S/C44H26OS/c1-2-12-28(13-3-1)39-26-36-38(45-39)22-24-41-44(36)37-25-29(21-23-40(37)46-41)42-32-16-6-8-18-34(32)43(35-19-9-7-17-33(35)42)31-20-10-14-27-11-4-5-15-30(27)31/h1-26H. The van der Waals surface area contributed by atoms with Crippen molar-refractivity contribution in [3.63, 3.8) is 0 Å². The maximum Gasteiger partial charge on any atom is 0.135 e. The first-order valence-corrected chi connectivity index (χ1v) is 16.5. The van der Waals surface area contributed by atoms with Crippen molar-refractivity contribution < 1.29 is 4.42 Å². The Bertz CT molecular complexity index is 2740. The molecule has 0 spiro atoms. The van der Waals surface area contributed by atoms with E-state index < -0.39 is 0 Å². The molecule has 46 heavy (non-hydrogen) atoms. The first kappa shape index (κ1) is 25.6. The van der Waals surface area contributed by atoms with Gasteiger partial charge in [0.05, 0.1) is 0 Å². The van der Waals surface area contributed by atoms with Gasteiger partial charge in [-0.2, -0.15) is 0 Å². The molecule has 0 aliphatic heterocycles. The minimum Gasteiger partial charge on any atom is -0.456 e. The second-order valence-electron chi connectivity index (χ2n) is 12.0. The van der Waals surface area contributed by atoms with Crippen LogP contribution in [0.1, 0.15) is 0 Å². The number of rotatable bonds is 3. The summed E-state index contributed by atoms with van der Waals surface area (Å²) in [6.07, 6.45) is 0. The molecular weight excluding hydrogens is 577 g/mol. The zero-order valence-corrected chi connectivity index (χ0v) is 25.6. The molecule has 0 amide bonds. The number of hydrogen-bond donors (Lipinski definition) is 0. The van der Waals surface area contributed by atoms with Crippen LogP contribution in [-0.4, -0.2) is 0 Å². The molecule has 0 bridgehead atoms. The molecule has 0 radical (unpaired) electrons. The van der Waals surface area contributed by atoms with Crippen LogP contribution in [0.4, 0.5) is 0 Å². The predicted molar refractivity (Wildman–Crippen MR) is 198 cm³/mol. The Morgan fingerprint density at radius 2 is 1.02 bits per heavy atom. The molecule has 2 heteroatoms. The quantitative estimate of drug-likeness (QED) is 0.183. The molecule has 2 aromatic heterocycles. The van der Waals surface area contributed by atoms with Gasteiger partial charge in [0.1, 0.15) is 11.3 Å². The summed E-state index contributed by atoms with van der Waals surface area (Å²) >= 11 is 1.85. The molecule has 0 aliphatic rings. The summed E-state index contributed by atoms with van der Waals surface area (Å²) in [6, 6.07) is 57.2. The van der Waals surface area contributed by atoms with Crippen LogP contribution in [0.2, 0.25) is 0 Å². The Balaban J connectivity index is 1.27. The first-order valence-electron chi connectivity index (χ1n) is 15.7. The highest BCUT2D eigenvalue weighted by atomic mass is 32.1. The topological polar surface area (TPSA) is 13.1 Å². The second kappa shape index (κ2) is 9.90. The van der Waals surface area contributed by atoms with Crippen LogP contribution in [0.15, 0.2) is 162 Å². The van der Waals surface area contributed by atoms with Gasteiger partial charge < -0.3 is 4.42 Å². The maximum absolute atomic E-state index is 6.40. The zero-order valence-electron chi connectivity index (χ0n) is 24.8. The minimum absolute atomic E-state index is 0.902. The van der Waals surface area contributed by atoms with E-state index in [0.29, 0.717) is 0 Å². The summed E-state index contributed by atoms with van der Waals surface area (Å²) < 4.78 is 8.97. The van der Waals surface area contributed by atoms with Crippen LogP contribution < -0.4 is 0 Å². The fraction of sp³-hybridized carbons (Fsp3) is 0. The van der Waals surface area contributed by atoms with Crippen LogP contribution >= 0.6 is 11.3 Å². The average Bonchev–Trinajstić information content (AvgIpc) is 3.72. The molecule has 0 atom stereocenters. The van der Waals surface area contributed by atoms with Gasteiger partial charge in [0, 0.05) is 31.1 Å². The van der Waals surface area contributed by atoms with Gasteiger partial charge in [0.25, 0.3) is 0 Å². The van der Waals surface area contributed by atoms with Crippen LogP contribution in [-0.2, 0) is 0 Å². The SMILES string of the molecule is c1ccc(-c2cc3c(ccc4sc5ccc(-c6c7ccccc7c(-c7cccc8ccccc78)c7ccccc67)cc5c43)o2)cc1. The van der Waals surface area contributed by atoms with Gasteiger partial charge in [-0.25, -0.2) is 0 Å². The highest BCUT2D eigenvalue weighted by Crippen LogP contribution is 2.47. The lowest BCUT2D eigenvalue weighted by atomic mass is 9.84. The van der Waals surface area contributed by atoms with Gasteiger partial charge in [-0.05, 0) is 84.9 Å². The van der Waals surface area contributed by atoms with Crippen molar-refractivity contribution >= 4 is 74.8 Å². The van der Waals surface area contributed by atoms with Crippen molar-refractivity contribution in [3.8, 4) is 33.6 Å². The van der Waals surface area contributed by atoms with Crippen LogP contribution in [0.3, 0.4) is 0 Å². The largest absolute Gasteiger partial charge is 0.456 e. The molecule has 0 fully saturated rings. The van der Waals surface area contributed by atoms with E-state index in [9.17, 15) is 0 Å². The number of fused-ring (bicyclic) bond motifs is 8. The van der Waals surface area contributed by atoms with Gasteiger partial charge in [-0.1, -0.05) is 127 Å². The summed E-state index contributed by atoms with van der Waals surface area (Å²) in [5.74, 6) is 0.902. The van der Waals surface area contributed by atoms with Crippen molar-refractivity contribution in [2.24, 2.45) is 0 Å². The van der Waals surface area contributed by atoms with Crippen LogP contribution in [0, 0.1) is 0 Å². The van der Waals surface area contributed by atoms with E-state index in [1.807, 2.05) is 17.4 Å². The van der Waals surface area contributed by atoms with E-state index in [-0.39, 0.29) is 0 Å². The maximum atomic E-state index is 6.40. The lowest BCUT2D eigenvalue weighted by Gasteiger charge is -2.19. The van der Waals surface area contributed by atoms with Gasteiger partial charge in [0.2, 0.25) is 0 Å². The molecule has 8 aromatic carbocycles. The summed E-state index contributed by atoms with van der Waals surface area (Å²) in [6.45, 7) is 0. The molecule has 0 N–H and O–H groups in total. The third-order valence-corrected chi connectivity index (χ3v) is 10.6. The molecule has 2 heterocycles. The van der Waals surface area contributed by atoms with E-state index in [1.54, 1.807) is 0 Å². The number of benzene rings is 8. The highest BCUT2D eigenvalue weighted by Gasteiger charge is 2.19. The third-order valence-electron chi connectivity index (χ3n) is 9.47. The van der Waals surface area contributed by atoms with Crippen molar-refractivity contribution in [2.75, 3.05) is 0 Å². The minimum atomic E-state index is 0.902. The molecule has 0 aliphatic carbocycles. The van der Waals surface area contributed by atoms with Gasteiger partial charge >= 0.3 is 0 Å². The Labute approximate surface area is 269 Å². The van der Waals surface area contributed by atoms with E-state index in [0.717, 1.165) is 16.9 Å². The Hall–Kier alpha value is -5.70. The monoisotopic (exact) mass is 602 g/mol. The number of furan rings is 1. The Kier molecular flexibility index (Phi) is 5.51. The summed E-state index contributed by atoms with van der Waals surface area (Å²) in [7, 11) is 0. The first-order chi connectivity index (χ1) is 22.8.